The Kier molecular flexibility index (Phi) is 49.5. The van der Waals surface area contributed by atoms with Gasteiger partial charge in [0.25, 0.3) is 0 Å². The van der Waals surface area contributed by atoms with Crippen molar-refractivity contribution in [2.24, 2.45) is 0 Å². The average molecular weight is 901 g/mol. The van der Waals surface area contributed by atoms with E-state index in [1.165, 1.54) is 77.0 Å². The number of carbonyl (C=O) groups is 3. The van der Waals surface area contributed by atoms with Gasteiger partial charge in [0.1, 0.15) is 13.2 Å². The number of ether oxygens (including phenoxy) is 3. The van der Waals surface area contributed by atoms with Crippen molar-refractivity contribution in [1.82, 2.24) is 0 Å². The van der Waals surface area contributed by atoms with Crippen molar-refractivity contribution >= 4 is 17.9 Å². The van der Waals surface area contributed by atoms with Crippen LogP contribution in [0, 0.1) is 0 Å². The van der Waals surface area contributed by atoms with Gasteiger partial charge in [-0.15, -0.1) is 0 Å². The van der Waals surface area contributed by atoms with Crippen LogP contribution in [0.3, 0.4) is 0 Å². The number of esters is 3. The van der Waals surface area contributed by atoms with E-state index in [2.05, 4.69) is 118 Å². The number of hydrogen-bond acceptors (Lipinski definition) is 6. The van der Waals surface area contributed by atoms with Gasteiger partial charge in [0, 0.05) is 19.3 Å². The molecule has 0 aromatic carbocycles. The molecule has 0 aliphatic heterocycles. The molecule has 0 spiro atoms. The first kappa shape index (κ1) is 61.1. The number of carbonyl (C=O) groups excluding carboxylic acids is 3. The van der Waals surface area contributed by atoms with Crippen LogP contribution in [-0.2, 0) is 28.6 Å². The predicted molar refractivity (Wildman–Crippen MR) is 279 cm³/mol. The van der Waals surface area contributed by atoms with Gasteiger partial charge in [0.15, 0.2) is 6.10 Å². The average Bonchev–Trinajstić information content (AvgIpc) is 3.30. The van der Waals surface area contributed by atoms with Crippen LogP contribution in [-0.4, -0.2) is 37.2 Å². The largest absolute Gasteiger partial charge is 0.462 e. The monoisotopic (exact) mass is 901 g/mol. The second kappa shape index (κ2) is 52.7. The summed E-state index contributed by atoms with van der Waals surface area (Å²) in [6.45, 7) is 6.39. The van der Waals surface area contributed by atoms with E-state index in [0.29, 0.717) is 19.3 Å². The molecule has 1 atom stereocenters. The number of rotatable bonds is 46. The molecule has 6 heteroatoms. The zero-order chi connectivity index (χ0) is 47.2. The lowest BCUT2D eigenvalue weighted by molar-refractivity contribution is -0.166. The van der Waals surface area contributed by atoms with Gasteiger partial charge in [-0.1, -0.05) is 220 Å². The first-order chi connectivity index (χ1) is 32.0. The molecule has 0 saturated carbocycles. The SMILES string of the molecule is CC/C=C\C/C=C\C/C=C\C/C=C\CCCCCCC(=O)OC[C@H](COC(=O)CCCCCCCCCCCCC)OC(=O)CC/C=C\C/C=C\C/C=C\C/C=C\C/C=C\CCCCC. The van der Waals surface area contributed by atoms with Crippen molar-refractivity contribution in [3.63, 3.8) is 0 Å². The van der Waals surface area contributed by atoms with Crippen LogP contribution in [0.2, 0.25) is 0 Å². The highest BCUT2D eigenvalue weighted by Gasteiger charge is 2.19. The Morgan fingerprint density at radius 3 is 1.03 bits per heavy atom. The molecule has 0 aromatic heterocycles. The Morgan fingerprint density at radius 2 is 0.631 bits per heavy atom. The molecule has 65 heavy (non-hydrogen) atoms. The van der Waals surface area contributed by atoms with Crippen LogP contribution >= 0.6 is 0 Å². The van der Waals surface area contributed by atoms with E-state index in [0.717, 1.165) is 103 Å². The molecule has 0 heterocycles. The Balaban J connectivity index is 4.54. The summed E-state index contributed by atoms with van der Waals surface area (Å²) in [6.07, 6.45) is 70.8. The summed E-state index contributed by atoms with van der Waals surface area (Å²) < 4.78 is 16.7. The quantitative estimate of drug-likeness (QED) is 0.0262. The van der Waals surface area contributed by atoms with Crippen LogP contribution in [0.25, 0.3) is 0 Å². The summed E-state index contributed by atoms with van der Waals surface area (Å²) in [5.74, 6) is -1.03. The van der Waals surface area contributed by atoms with Gasteiger partial charge in [-0.05, 0) is 96.3 Å². The van der Waals surface area contributed by atoms with Crippen molar-refractivity contribution in [2.45, 2.75) is 232 Å². The summed E-state index contributed by atoms with van der Waals surface area (Å²) >= 11 is 0. The van der Waals surface area contributed by atoms with E-state index in [9.17, 15) is 14.4 Å². The Labute approximate surface area is 400 Å². The van der Waals surface area contributed by atoms with Crippen LogP contribution < -0.4 is 0 Å². The van der Waals surface area contributed by atoms with Crippen LogP contribution in [0.15, 0.2) is 109 Å². The van der Waals surface area contributed by atoms with Gasteiger partial charge in [-0.3, -0.25) is 14.4 Å². The Hall–Kier alpha value is -3.93. The van der Waals surface area contributed by atoms with Gasteiger partial charge in [-0.25, -0.2) is 0 Å². The minimum Gasteiger partial charge on any atom is -0.462 e. The minimum absolute atomic E-state index is 0.116. The number of unbranched alkanes of at least 4 members (excludes halogenated alkanes) is 17. The van der Waals surface area contributed by atoms with Crippen LogP contribution in [0.5, 0.6) is 0 Å². The van der Waals surface area contributed by atoms with Gasteiger partial charge >= 0.3 is 17.9 Å². The van der Waals surface area contributed by atoms with Gasteiger partial charge in [-0.2, -0.15) is 0 Å². The topological polar surface area (TPSA) is 78.9 Å². The normalized spacial score (nSPS) is 13.0. The maximum absolute atomic E-state index is 12.8. The zero-order valence-corrected chi connectivity index (χ0v) is 42.0. The lowest BCUT2D eigenvalue weighted by Gasteiger charge is -2.18. The second-order valence-corrected chi connectivity index (χ2v) is 17.1. The molecule has 0 saturated heterocycles. The van der Waals surface area contributed by atoms with Gasteiger partial charge in [0.2, 0.25) is 0 Å². The third kappa shape index (κ3) is 50.9. The fraction of sp³-hybridized carbons (Fsp3) is 0.644. The first-order valence-electron chi connectivity index (χ1n) is 26.4. The molecule has 0 rings (SSSR count). The van der Waals surface area contributed by atoms with E-state index >= 15 is 0 Å². The van der Waals surface area contributed by atoms with Crippen molar-refractivity contribution in [2.75, 3.05) is 13.2 Å². The summed E-state index contributed by atoms with van der Waals surface area (Å²) in [4.78, 5) is 38.0. The molecule has 0 N–H and O–H groups in total. The molecule has 0 radical (unpaired) electrons. The van der Waals surface area contributed by atoms with Crippen LogP contribution in [0.4, 0.5) is 0 Å². The van der Waals surface area contributed by atoms with E-state index in [1.807, 2.05) is 12.2 Å². The lowest BCUT2D eigenvalue weighted by Crippen LogP contribution is -2.30. The fourth-order valence-electron chi connectivity index (χ4n) is 6.83. The molecule has 0 amide bonds. The maximum Gasteiger partial charge on any atom is 0.306 e. The van der Waals surface area contributed by atoms with Gasteiger partial charge < -0.3 is 14.2 Å². The number of allylic oxidation sites excluding steroid dienone is 18. The first-order valence-corrected chi connectivity index (χ1v) is 26.4. The van der Waals surface area contributed by atoms with E-state index in [1.54, 1.807) is 0 Å². The Morgan fingerprint density at radius 1 is 0.323 bits per heavy atom. The summed E-state index contributed by atoms with van der Waals surface area (Å²) in [5.41, 5.74) is 0. The molecule has 0 aliphatic carbocycles. The summed E-state index contributed by atoms with van der Waals surface area (Å²) in [7, 11) is 0. The smallest absolute Gasteiger partial charge is 0.306 e. The van der Waals surface area contributed by atoms with E-state index < -0.39 is 12.1 Å². The molecule has 0 bridgehead atoms. The van der Waals surface area contributed by atoms with E-state index in [-0.39, 0.29) is 31.6 Å². The highest BCUT2D eigenvalue weighted by molar-refractivity contribution is 5.71. The van der Waals surface area contributed by atoms with Crippen molar-refractivity contribution in [3.05, 3.63) is 109 Å². The van der Waals surface area contributed by atoms with Crippen LogP contribution in [0.1, 0.15) is 226 Å². The molecule has 0 fully saturated rings. The highest BCUT2D eigenvalue weighted by Crippen LogP contribution is 2.13. The third-order valence-electron chi connectivity index (χ3n) is 10.8. The number of hydrogen-bond donors (Lipinski definition) is 0. The maximum atomic E-state index is 12.8. The van der Waals surface area contributed by atoms with Crippen molar-refractivity contribution < 1.29 is 28.6 Å². The Bertz CT molecular complexity index is 1360. The standard InChI is InChI=1S/C59H96O6/c1-4-7-10-13-16-19-22-24-26-28-29-31-33-35-38-41-44-47-50-53-59(62)65-56(54-63-57(60)51-48-45-42-39-36-21-18-15-12-9-6-3)55-64-58(61)52-49-46-43-40-37-34-32-30-27-25-23-20-17-14-11-8-5-2/h8,11,16-17,19-20,24-27,29,31-32,34-35,38,44,47,56H,4-7,9-10,12-15,18,21-23,28,30,33,36-37,39-43,45-46,48-55H2,1-3H3/b11-8-,19-16-,20-17-,26-24-,27-25-,31-29-,34-32-,38-35-,47-44-/t56-/m0/s1. The predicted octanol–water partition coefficient (Wildman–Crippen LogP) is 17.5. The third-order valence-corrected chi connectivity index (χ3v) is 10.8. The summed E-state index contributed by atoms with van der Waals surface area (Å²) in [5, 5.41) is 0. The second-order valence-electron chi connectivity index (χ2n) is 17.1. The molecule has 0 unspecified atom stereocenters. The highest BCUT2D eigenvalue weighted by atomic mass is 16.6. The zero-order valence-electron chi connectivity index (χ0n) is 42.0. The molecular weight excluding hydrogens is 805 g/mol. The van der Waals surface area contributed by atoms with Crippen molar-refractivity contribution in [1.29, 1.82) is 0 Å². The molecular formula is C59H96O6. The lowest BCUT2D eigenvalue weighted by atomic mass is 10.1. The molecule has 0 aromatic rings. The minimum atomic E-state index is -0.827. The molecule has 6 nitrogen and oxygen atoms in total. The van der Waals surface area contributed by atoms with Crippen molar-refractivity contribution in [3.8, 4) is 0 Å². The fourth-order valence-corrected chi connectivity index (χ4v) is 6.83. The molecule has 0 aliphatic rings. The molecule has 368 valence electrons. The van der Waals surface area contributed by atoms with E-state index in [4.69, 9.17) is 14.2 Å². The van der Waals surface area contributed by atoms with Gasteiger partial charge in [0.05, 0.1) is 0 Å². The summed E-state index contributed by atoms with van der Waals surface area (Å²) in [6, 6.07) is 0.